The predicted molar refractivity (Wildman–Crippen MR) is 139 cm³/mol. The summed E-state index contributed by atoms with van der Waals surface area (Å²) in [6, 6.07) is 15.9. The van der Waals surface area contributed by atoms with Crippen LogP contribution < -0.4 is 16.0 Å². The predicted octanol–water partition coefficient (Wildman–Crippen LogP) is 4.20. The molecule has 35 heavy (non-hydrogen) atoms. The van der Waals surface area contributed by atoms with Gasteiger partial charge >= 0.3 is 0 Å². The van der Waals surface area contributed by atoms with Gasteiger partial charge in [-0.25, -0.2) is 4.98 Å². The number of likely N-dealkylation sites (N-methyl/N-ethyl adjacent to an activating group) is 1. The molecule has 2 aliphatic heterocycles. The summed E-state index contributed by atoms with van der Waals surface area (Å²) in [5, 5.41) is 2.85. The fraction of sp³-hybridized carbons (Fsp3) is 0.357. The number of nitrogen functional groups attached to an aromatic ring is 1. The minimum absolute atomic E-state index is 0.0659. The normalized spacial score (nSPS) is 18.5. The summed E-state index contributed by atoms with van der Waals surface area (Å²) in [7, 11) is 2.19. The van der Waals surface area contributed by atoms with Gasteiger partial charge in [-0.1, -0.05) is 38.1 Å². The average Bonchev–Trinajstić information content (AvgIpc) is 2.84. The Kier molecular flexibility index (Phi) is 6.19. The lowest BCUT2D eigenvalue weighted by Crippen LogP contribution is -2.53. The van der Waals surface area contributed by atoms with Gasteiger partial charge in [0.2, 0.25) is 5.95 Å². The van der Waals surface area contributed by atoms with Crippen LogP contribution in [-0.2, 0) is 6.42 Å². The van der Waals surface area contributed by atoms with E-state index < -0.39 is 5.95 Å². The first-order chi connectivity index (χ1) is 16.8. The Morgan fingerprint density at radius 1 is 1.03 bits per heavy atom. The Balaban J connectivity index is 1.44. The molecule has 3 heterocycles. The van der Waals surface area contributed by atoms with Gasteiger partial charge in [0.15, 0.2) is 0 Å². The van der Waals surface area contributed by atoms with Crippen molar-refractivity contribution in [3.63, 3.8) is 0 Å². The minimum atomic E-state index is -0.587. The van der Waals surface area contributed by atoms with Crippen LogP contribution in [0.3, 0.4) is 0 Å². The number of fused-ring (bicyclic) bond motifs is 1. The van der Waals surface area contributed by atoms with Crippen molar-refractivity contribution in [3.8, 4) is 22.3 Å². The molecule has 1 saturated heterocycles. The van der Waals surface area contributed by atoms with Gasteiger partial charge in [0.1, 0.15) is 5.82 Å². The summed E-state index contributed by atoms with van der Waals surface area (Å²) in [6.45, 7) is 8.10. The first kappa shape index (κ1) is 23.3. The Morgan fingerprint density at radius 2 is 1.77 bits per heavy atom. The first-order valence-electron chi connectivity index (χ1n) is 12.2. The largest absolute Gasteiger partial charge is 0.383 e. The summed E-state index contributed by atoms with van der Waals surface area (Å²) >= 11 is 0. The molecule has 0 aliphatic carbocycles. The summed E-state index contributed by atoms with van der Waals surface area (Å²) in [5.41, 5.74) is 11.6. The van der Waals surface area contributed by atoms with Crippen LogP contribution in [0.4, 0.5) is 15.9 Å². The van der Waals surface area contributed by atoms with Gasteiger partial charge in [0.25, 0.3) is 5.91 Å². The minimum Gasteiger partial charge on any atom is -0.383 e. The number of rotatable bonds is 4. The van der Waals surface area contributed by atoms with Gasteiger partial charge in [-0.2, -0.15) is 4.39 Å². The van der Waals surface area contributed by atoms with E-state index in [4.69, 9.17) is 5.73 Å². The fourth-order valence-corrected chi connectivity index (χ4v) is 5.24. The molecule has 1 atom stereocenters. The molecule has 3 N–H and O–H groups in total. The number of nitrogens with zero attached hydrogens (tertiary/aromatic N) is 3. The highest BCUT2D eigenvalue weighted by Crippen LogP contribution is 2.34. The summed E-state index contributed by atoms with van der Waals surface area (Å²) in [6.07, 6.45) is 0.752. The van der Waals surface area contributed by atoms with Gasteiger partial charge in [-0.05, 0) is 60.3 Å². The highest BCUT2D eigenvalue weighted by Gasteiger charge is 2.27. The van der Waals surface area contributed by atoms with Gasteiger partial charge in [-0.15, -0.1) is 0 Å². The second-order valence-electron chi connectivity index (χ2n) is 9.92. The number of anilines is 2. The maximum atomic E-state index is 14.9. The standard InChI is InChI=1S/C28H32FN5O/c1-17(2)25-16-34(13-12-33(25)3)21-7-4-18(5-8-21)23-15-24(27(30)32-26(23)29)19-6-9-22-20(14-19)10-11-31-28(22)35/h4-9,14-15,17,25H,10-13,16H2,1-3H3,(H2,30,32)(H,31,35)/t25-/m0/s1. The molecule has 0 spiro atoms. The zero-order chi connectivity index (χ0) is 24.7. The van der Waals surface area contributed by atoms with Crippen LogP contribution in [0.15, 0.2) is 48.5 Å². The molecule has 1 fully saturated rings. The number of pyridine rings is 1. The van der Waals surface area contributed by atoms with Crippen LogP contribution in [-0.4, -0.2) is 55.1 Å². The molecule has 2 aliphatic rings. The van der Waals surface area contributed by atoms with Crippen molar-refractivity contribution in [3.05, 3.63) is 65.6 Å². The molecule has 1 aromatic heterocycles. The Morgan fingerprint density at radius 3 is 2.51 bits per heavy atom. The number of aromatic nitrogens is 1. The molecule has 182 valence electrons. The number of hydrogen-bond donors (Lipinski definition) is 2. The first-order valence-corrected chi connectivity index (χ1v) is 12.2. The van der Waals surface area contributed by atoms with Crippen molar-refractivity contribution in [2.45, 2.75) is 26.3 Å². The van der Waals surface area contributed by atoms with Crippen molar-refractivity contribution >= 4 is 17.4 Å². The second-order valence-corrected chi connectivity index (χ2v) is 9.92. The van der Waals surface area contributed by atoms with Crippen molar-refractivity contribution in [1.29, 1.82) is 0 Å². The molecular weight excluding hydrogens is 441 g/mol. The number of carbonyl (C=O) groups excluding carboxylic acids is 1. The second kappa shape index (κ2) is 9.30. The fourth-order valence-electron chi connectivity index (χ4n) is 5.24. The van der Waals surface area contributed by atoms with Crippen LogP contribution in [0.25, 0.3) is 22.3 Å². The topological polar surface area (TPSA) is 74.5 Å². The van der Waals surface area contributed by atoms with Crippen LogP contribution in [0, 0.1) is 11.9 Å². The number of nitrogens with two attached hydrogens (primary N) is 1. The maximum Gasteiger partial charge on any atom is 0.251 e. The zero-order valence-corrected chi connectivity index (χ0v) is 20.5. The number of amides is 1. The molecule has 0 unspecified atom stereocenters. The van der Waals surface area contributed by atoms with Crippen LogP contribution in [0.1, 0.15) is 29.8 Å². The number of piperazine rings is 1. The maximum absolute atomic E-state index is 14.9. The number of hydrogen-bond acceptors (Lipinski definition) is 5. The third kappa shape index (κ3) is 4.48. The quantitative estimate of drug-likeness (QED) is 0.556. The number of halogens is 1. The highest BCUT2D eigenvalue weighted by atomic mass is 19.1. The van der Waals surface area contributed by atoms with Gasteiger partial charge in [-0.3, -0.25) is 9.69 Å². The highest BCUT2D eigenvalue weighted by molar-refractivity contribution is 5.97. The van der Waals surface area contributed by atoms with Crippen molar-refractivity contribution in [2.24, 2.45) is 5.92 Å². The smallest absolute Gasteiger partial charge is 0.251 e. The lowest BCUT2D eigenvalue weighted by Gasteiger charge is -2.42. The molecule has 0 radical (unpaired) electrons. The lowest BCUT2D eigenvalue weighted by molar-refractivity contribution is 0.0946. The lowest BCUT2D eigenvalue weighted by atomic mass is 9.94. The number of nitrogens with one attached hydrogen (secondary N) is 1. The average molecular weight is 474 g/mol. The Bertz CT molecular complexity index is 1260. The van der Waals surface area contributed by atoms with E-state index in [1.165, 1.54) is 0 Å². The van der Waals surface area contributed by atoms with E-state index in [0.29, 0.717) is 35.2 Å². The summed E-state index contributed by atoms with van der Waals surface area (Å²) < 4.78 is 14.9. The molecule has 0 saturated carbocycles. The molecule has 1 amide bonds. The van der Waals surface area contributed by atoms with E-state index in [1.54, 1.807) is 12.1 Å². The number of benzene rings is 2. The van der Waals surface area contributed by atoms with Crippen molar-refractivity contribution in [1.82, 2.24) is 15.2 Å². The Hall–Kier alpha value is -3.45. The van der Waals surface area contributed by atoms with E-state index in [9.17, 15) is 9.18 Å². The van der Waals surface area contributed by atoms with Crippen LogP contribution in [0.2, 0.25) is 0 Å². The molecule has 2 aromatic carbocycles. The van der Waals surface area contributed by atoms with E-state index in [-0.39, 0.29) is 11.7 Å². The van der Waals surface area contributed by atoms with Gasteiger partial charge in [0.05, 0.1) is 0 Å². The van der Waals surface area contributed by atoms with E-state index in [1.807, 2.05) is 24.3 Å². The summed E-state index contributed by atoms with van der Waals surface area (Å²) in [5.74, 6) is 0.0633. The molecule has 5 rings (SSSR count). The number of carbonyl (C=O) groups is 1. The molecular formula is C28H32FN5O. The van der Waals surface area contributed by atoms with Crippen LogP contribution in [0.5, 0.6) is 0 Å². The molecule has 7 heteroatoms. The van der Waals surface area contributed by atoms with Crippen molar-refractivity contribution < 1.29 is 9.18 Å². The zero-order valence-electron chi connectivity index (χ0n) is 20.5. The third-order valence-corrected chi connectivity index (χ3v) is 7.36. The van der Waals surface area contributed by atoms with E-state index in [2.05, 4.69) is 53.1 Å². The Labute approximate surface area is 206 Å². The van der Waals surface area contributed by atoms with E-state index in [0.717, 1.165) is 48.4 Å². The summed E-state index contributed by atoms with van der Waals surface area (Å²) in [4.78, 5) is 20.9. The molecule has 3 aromatic rings. The van der Waals surface area contributed by atoms with Crippen LogP contribution >= 0.6 is 0 Å². The third-order valence-electron chi connectivity index (χ3n) is 7.36. The van der Waals surface area contributed by atoms with Crippen molar-refractivity contribution in [2.75, 3.05) is 43.9 Å². The molecule has 6 nitrogen and oxygen atoms in total. The van der Waals surface area contributed by atoms with E-state index >= 15 is 0 Å². The monoisotopic (exact) mass is 473 g/mol. The molecule has 0 bridgehead atoms. The van der Waals surface area contributed by atoms with Gasteiger partial charge < -0.3 is 16.0 Å². The van der Waals surface area contributed by atoms with Gasteiger partial charge in [0, 0.05) is 54.6 Å². The SMILES string of the molecule is CC(C)[C@@H]1CN(c2ccc(-c3cc(-c4ccc5c(c4)CCNC5=O)c(N)nc3F)cc2)CCN1C.